The van der Waals surface area contributed by atoms with E-state index in [0.717, 1.165) is 0 Å². The molecule has 0 amide bonds. The van der Waals surface area contributed by atoms with Gasteiger partial charge in [0.05, 0.1) is 6.10 Å². The minimum atomic E-state index is -0.808. The Bertz CT molecular complexity index is 579. The minimum Gasteiger partial charge on any atom is -0.457 e. The Morgan fingerprint density at radius 2 is 1.84 bits per heavy atom. The van der Waals surface area contributed by atoms with E-state index in [9.17, 15) is 9.50 Å². The van der Waals surface area contributed by atoms with E-state index in [-0.39, 0.29) is 5.82 Å². The maximum Gasteiger partial charge on any atom is 0.133 e. The summed E-state index contributed by atoms with van der Waals surface area (Å²) in [6.45, 7) is 3.22. The molecule has 0 spiro atoms. The van der Waals surface area contributed by atoms with Crippen molar-refractivity contribution in [2.75, 3.05) is 0 Å². The normalized spacial score (nSPS) is 12.3. The molecule has 4 heteroatoms. The highest BCUT2D eigenvalue weighted by Gasteiger charge is 2.13. The minimum absolute atomic E-state index is 0.362. The van der Waals surface area contributed by atoms with Crippen LogP contribution in [0.15, 0.2) is 36.4 Å². The van der Waals surface area contributed by atoms with E-state index in [1.165, 1.54) is 6.07 Å². The third-order valence-electron chi connectivity index (χ3n) is 2.78. The van der Waals surface area contributed by atoms with Gasteiger partial charge in [-0.15, -0.1) is 0 Å². The first kappa shape index (κ1) is 13.8. The number of aryl methyl sites for hydroxylation is 1. The van der Waals surface area contributed by atoms with E-state index < -0.39 is 6.10 Å². The topological polar surface area (TPSA) is 29.5 Å². The van der Waals surface area contributed by atoms with E-state index in [1.54, 1.807) is 44.2 Å². The number of hydrogen-bond acceptors (Lipinski definition) is 2. The largest absolute Gasteiger partial charge is 0.457 e. The monoisotopic (exact) mass is 280 g/mol. The molecule has 1 unspecified atom stereocenters. The molecule has 19 heavy (non-hydrogen) atoms. The van der Waals surface area contributed by atoms with Gasteiger partial charge >= 0.3 is 0 Å². The fraction of sp³-hybridized carbons (Fsp3) is 0.200. The molecule has 0 aliphatic heterocycles. The van der Waals surface area contributed by atoms with Crippen LogP contribution in [0.25, 0.3) is 0 Å². The lowest BCUT2D eigenvalue weighted by Gasteiger charge is -2.14. The van der Waals surface area contributed by atoms with Crippen LogP contribution >= 0.6 is 11.6 Å². The molecule has 0 saturated heterocycles. The number of aliphatic hydroxyl groups excluding tert-OH is 1. The second-order valence-corrected chi connectivity index (χ2v) is 4.81. The molecule has 2 aromatic rings. The van der Waals surface area contributed by atoms with Crippen LogP contribution < -0.4 is 4.74 Å². The Balaban J connectivity index is 2.38. The number of halogens is 2. The Morgan fingerprint density at radius 3 is 2.42 bits per heavy atom. The molecule has 0 saturated carbocycles. The summed E-state index contributed by atoms with van der Waals surface area (Å²) in [4.78, 5) is 0. The average Bonchev–Trinajstić information content (AvgIpc) is 2.36. The van der Waals surface area contributed by atoms with Crippen LogP contribution in [0.2, 0.25) is 5.02 Å². The molecule has 0 bridgehead atoms. The molecule has 1 N–H and O–H groups in total. The molecule has 0 aliphatic carbocycles. The zero-order valence-electron chi connectivity index (χ0n) is 10.7. The van der Waals surface area contributed by atoms with Gasteiger partial charge in [-0.05, 0) is 55.8 Å². The van der Waals surface area contributed by atoms with Crippen molar-refractivity contribution in [3.05, 3.63) is 58.4 Å². The smallest absolute Gasteiger partial charge is 0.133 e. The third kappa shape index (κ3) is 3.25. The zero-order chi connectivity index (χ0) is 14.0. The van der Waals surface area contributed by atoms with Crippen LogP contribution in [0.1, 0.15) is 24.2 Å². The predicted molar refractivity (Wildman–Crippen MR) is 73.3 cm³/mol. The Hall–Kier alpha value is -1.58. The summed E-state index contributed by atoms with van der Waals surface area (Å²) in [6.07, 6.45) is -0.808. The summed E-state index contributed by atoms with van der Waals surface area (Å²) < 4.78 is 19.2. The highest BCUT2D eigenvalue weighted by Crippen LogP contribution is 2.32. The molecule has 1 atom stereocenters. The van der Waals surface area contributed by atoms with Crippen molar-refractivity contribution in [2.45, 2.75) is 20.0 Å². The van der Waals surface area contributed by atoms with E-state index in [4.69, 9.17) is 16.3 Å². The van der Waals surface area contributed by atoms with Crippen molar-refractivity contribution in [3.63, 3.8) is 0 Å². The number of hydrogen-bond donors (Lipinski definition) is 1. The number of rotatable bonds is 3. The second-order valence-electron chi connectivity index (χ2n) is 4.37. The molecule has 0 fully saturated rings. The van der Waals surface area contributed by atoms with Crippen molar-refractivity contribution < 1.29 is 14.2 Å². The number of benzene rings is 2. The van der Waals surface area contributed by atoms with Crippen molar-refractivity contribution >= 4 is 11.6 Å². The van der Waals surface area contributed by atoms with Crippen LogP contribution in [0.3, 0.4) is 0 Å². The first-order valence-electron chi connectivity index (χ1n) is 5.89. The lowest BCUT2D eigenvalue weighted by Crippen LogP contribution is -1.99. The molecule has 0 aliphatic rings. The predicted octanol–water partition coefficient (Wildman–Crippen LogP) is 4.63. The fourth-order valence-electron chi connectivity index (χ4n) is 1.71. The zero-order valence-corrected chi connectivity index (χ0v) is 11.4. The van der Waals surface area contributed by atoms with Crippen molar-refractivity contribution in [3.8, 4) is 11.5 Å². The quantitative estimate of drug-likeness (QED) is 0.888. The average molecular weight is 281 g/mol. The van der Waals surface area contributed by atoms with Gasteiger partial charge in [0.15, 0.2) is 0 Å². The summed E-state index contributed by atoms with van der Waals surface area (Å²) in [5.74, 6) is 0.660. The van der Waals surface area contributed by atoms with Crippen LogP contribution in [-0.4, -0.2) is 5.11 Å². The van der Waals surface area contributed by atoms with E-state index in [1.807, 2.05) is 0 Å². The van der Waals surface area contributed by atoms with Gasteiger partial charge in [-0.25, -0.2) is 4.39 Å². The van der Waals surface area contributed by atoms with Crippen molar-refractivity contribution in [2.24, 2.45) is 0 Å². The second kappa shape index (κ2) is 5.59. The number of aliphatic hydroxyl groups is 1. The molecular weight excluding hydrogens is 267 g/mol. The number of ether oxygens (including phenoxy) is 1. The summed E-state index contributed by atoms with van der Waals surface area (Å²) in [5.41, 5.74) is 0.881. The van der Waals surface area contributed by atoms with Crippen LogP contribution in [0, 0.1) is 12.7 Å². The van der Waals surface area contributed by atoms with Gasteiger partial charge < -0.3 is 9.84 Å². The molecule has 2 rings (SSSR count). The fourth-order valence-corrected chi connectivity index (χ4v) is 1.84. The van der Waals surface area contributed by atoms with E-state index in [0.29, 0.717) is 27.6 Å². The molecule has 0 aromatic heterocycles. The SMILES string of the molecule is Cc1cc(Oc2ccc(Cl)cc2)c(C(C)O)cc1F. The summed E-state index contributed by atoms with van der Waals surface area (Å²) in [5, 5.41) is 10.3. The van der Waals surface area contributed by atoms with Crippen molar-refractivity contribution in [1.29, 1.82) is 0 Å². The Labute approximate surface area is 116 Å². The molecule has 2 nitrogen and oxygen atoms in total. The highest BCUT2D eigenvalue weighted by atomic mass is 35.5. The first-order valence-corrected chi connectivity index (χ1v) is 6.26. The first-order chi connectivity index (χ1) is 8.97. The maximum atomic E-state index is 13.5. The van der Waals surface area contributed by atoms with Gasteiger partial charge in [0, 0.05) is 10.6 Å². The Morgan fingerprint density at radius 1 is 1.21 bits per heavy atom. The summed E-state index contributed by atoms with van der Waals surface area (Å²) in [6, 6.07) is 9.71. The van der Waals surface area contributed by atoms with Gasteiger partial charge in [-0.2, -0.15) is 0 Å². The van der Waals surface area contributed by atoms with Gasteiger partial charge in [0.2, 0.25) is 0 Å². The highest BCUT2D eigenvalue weighted by molar-refractivity contribution is 6.30. The van der Waals surface area contributed by atoms with Gasteiger partial charge in [0.25, 0.3) is 0 Å². The van der Waals surface area contributed by atoms with Gasteiger partial charge in [-0.1, -0.05) is 11.6 Å². The third-order valence-corrected chi connectivity index (χ3v) is 3.03. The van der Waals surface area contributed by atoms with Crippen LogP contribution in [0.5, 0.6) is 11.5 Å². The summed E-state index contributed by atoms with van der Waals surface area (Å²) in [7, 11) is 0. The standard InChI is InChI=1S/C15H14ClFO2/c1-9-7-15(13(10(2)18)8-14(9)17)19-12-5-3-11(16)4-6-12/h3-8,10,18H,1-2H3. The van der Waals surface area contributed by atoms with Gasteiger partial charge in [-0.3, -0.25) is 0 Å². The van der Waals surface area contributed by atoms with Crippen molar-refractivity contribution in [1.82, 2.24) is 0 Å². The van der Waals surface area contributed by atoms with Crippen LogP contribution in [-0.2, 0) is 0 Å². The van der Waals surface area contributed by atoms with Crippen LogP contribution in [0.4, 0.5) is 4.39 Å². The molecule has 0 radical (unpaired) electrons. The summed E-state index contributed by atoms with van der Waals surface area (Å²) >= 11 is 5.80. The van der Waals surface area contributed by atoms with Gasteiger partial charge in [0.1, 0.15) is 17.3 Å². The molecular formula is C15H14ClFO2. The van der Waals surface area contributed by atoms with E-state index >= 15 is 0 Å². The molecule has 100 valence electrons. The lowest BCUT2D eigenvalue weighted by molar-refractivity contribution is 0.195. The molecule has 0 heterocycles. The lowest BCUT2D eigenvalue weighted by atomic mass is 10.1. The maximum absolute atomic E-state index is 13.5. The van der Waals surface area contributed by atoms with E-state index in [2.05, 4.69) is 0 Å². The molecule has 2 aromatic carbocycles. The Kier molecular flexibility index (Phi) is 4.08.